The van der Waals surface area contributed by atoms with Crippen LogP contribution in [0.4, 0.5) is 5.82 Å². The third kappa shape index (κ3) is 3.62. The highest BCUT2D eigenvalue weighted by Crippen LogP contribution is 2.30. The molecule has 2 aromatic rings. The fourth-order valence-corrected chi connectivity index (χ4v) is 3.27. The minimum atomic E-state index is 0.184. The average molecular weight is 327 g/mol. The molecular formula is C19H25N3O2. The quantitative estimate of drug-likeness (QED) is 0.884. The Hall–Kier alpha value is -2.27. The number of benzene rings is 1. The summed E-state index contributed by atoms with van der Waals surface area (Å²) in [6.45, 7) is 4.16. The summed E-state index contributed by atoms with van der Waals surface area (Å²) in [7, 11) is 3.39. The van der Waals surface area contributed by atoms with Crippen molar-refractivity contribution >= 4 is 5.82 Å². The number of aromatic nitrogens is 1. The first-order chi connectivity index (χ1) is 11.7. The normalized spacial score (nSPS) is 18.5. The Morgan fingerprint density at radius 3 is 2.79 bits per heavy atom. The van der Waals surface area contributed by atoms with E-state index >= 15 is 0 Å². The molecule has 0 bridgehead atoms. The van der Waals surface area contributed by atoms with Gasteiger partial charge in [-0.15, -0.1) is 0 Å². The highest BCUT2D eigenvalue weighted by atomic mass is 16.5. The Morgan fingerprint density at radius 2 is 2.08 bits per heavy atom. The number of rotatable bonds is 6. The molecule has 1 aliphatic heterocycles. The molecule has 1 N–H and O–H groups in total. The molecule has 1 aromatic heterocycles. The summed E-state index contributed by atoms with van der Waals surface area (Å²) < 4.78 is 10.9. The van der Waals surface area contributed by atoms with Gasteiger partial charge in [0.2, 0.25) is 0 Å². The van der Waals surface area contributed by atoms with Crippen LogP contribution in [0.1, 0.15) is 24.9 Å². The standard InChI is InChI=1S/C19H25N3O2/c1-14(17-12-16(23-2)7-8-18(17)24-3)21-15-9-11-22(13-15)19-6-4-5-10-20-19/h4-8,10,12,14-15,21H,9,11,13H2,1-3H3/t14-,15-/m1/s1. The van der Waals surface area contributed by atoms with Crippen molar-refractivity contribution in [2.24, 2.45) is 0 Å². The predicted molar refractivity (Wildman–Crippen MR) is 96.0 cm³/mol. The van der Waals surface area contributed by atoms with Crippen LogP contribution < -0.4 is 19.7 Å². The molecular weight excluding hydrogens is 302 g/mol. The molecule has 1 fully saturated rings. The maximum Gasteiger partial charge on any atom is 0.128 e. The molecule has 0 unspecified atom stereocenters. The SMILES string of the molecule is COc1ccc(OC)c([C@@H](C)N[C@@H]2CCN(c3ccccn3)C2)c1. The molecule has 5 nitrogen and oxygen atoms in total. The van der Waals surface area contributed by atoms with E-state index in [9.17, 15) is 0 Å². The van der Waals surface area contributed by atoms with E-state index in [2.05, 4.69) is 28.2 Å². The Balaban J connectivity index is 1.66. The van der Waals surface area contributed by atoms with E-state index in [0.717, 1.165) is 42.4 Å². The average Bonchev–Trinajstić information content (AvgIpc) is 3.10. The molecule has 0 radical (unpaired) electrons. The number of methoxy groups -OCH3 is 2. The third-order valence-electron chi connectivity index (χ3n) is 4.55. The van der Waals surface area contributed by atoms with Crippen molar-refractivity contribution in [3.05, 3.63) is 48.2 Å². The lowest BCUT2D eigenvalue weighted by Crippen LogP contribution is -2.34. The van der Waals surface area contributed by atoms with E-state index < -0.39 is 0 Å². The second kappa shape index (κ2) is 7.53. The lowest BCUT2D eigenvalue weighted by Gasteiger charge is -2.23. The first-order valence-corrected chi connectivity index (χ1v) is 8.35. The maximum absolute atomic E-state index is 5.50. The molecule has 1 aliphatic rings. The highest BCUT2D eigenvalue weighted by Gasteiger charge is 2.25. The second-order valence-corrected chi connectivity index (χ2v) is 6.12. The van der Waals surface area contributed by atoms with Gasteiger partial charge in [0.25, 0.3) is 0 Å². The van der Waals surface area contributed by atoms with Gasteiger partial charge in [-0.2, -0.15) is 0 Å². The summed E-state index contributed by atoms with van der Waals surface area (Å²) in [6.07, 6.45) is 2.95. The van der Waals surface area contributed by atoms with Gasteiger partial charge in [0.05, 0.1) is 14.2 Å². The van der Waals surface area contributed by atoms with Gasteiger partial charge in [0.15, 0.2) is 0 Å². The van der Waals surface area contributed by atoms with Gasteiger partial charge in [0.1, 0.15) is 17.3 Å². The van der Waals surface area contributed by atoms with Crippen LogP contribution in [0.25, 0.3) is 0 Å². The second-order valence-electron chi connectivity index (χ2n) is 6.12. The number of nitrogens with one attached hydrogen (secondary N) is 1. The molecule has 0 aliphatic carbocycles. The van der Waals surface area contributed by atoms with Crippen molar-refractivity contribution in [3.8, 4) is 11.5 Å². The van der Waals surface area contributed by atoms with Crippen molar-refractivity contribution < 1.29 is 9.47 Å². The lowest BCUT2D eigenvalue weighted by molar-refractivity contribution is 0.386. The van der Waals surface area contributed by atoms with E-state index in [1.807, 2.05) is 36.5 Å². The summed E-state index contributed by atoms with van der Waals surface area (Å²) in [6, 6.07) is 12.6. The minimum Gasteiger partial charge on any atom is -0.497 e. The molecule has 3 rings (SSSR count). The summed E-state index contributed by atoms with van der Waals surface area (Å²) in [5, 5.41) is 3.72. The van der Waals surface area contributed by atoms with Gasteiger partial charge in [-0.25, -0.2) is 4.98 Å². The van der Waals surface area contributed by atoms with Crippen LogP contribution >= 0.6 is 0 Å². The zero-order valence-electron chi connectivity index (χ0n) is 14.5. The maximum atomic E-state index is 5.50. The molecule has 0 amide bonds. The number of hydrogen-bond donors (Lipinski definition) is 1. The molecule has 0 spiro atoms. The highest BCUT2D eigenvalue weighted by molar-refractivity contribution is 5.43. The predicted octanol–water partition coefficient (Wildman–Crippen LogP) is 3.03. The van der Waals surface area contributed by atoms with Crippen molar-refractivity contribution in [2.75, 3.05) is 32.2 Å². The smallest absolute Gasteiger partial charge is 0.128 e. The first kappa shape index (κ1) is 16.6. The fraction of sp³-hybridized carbons (Fsp3) is 0.421. The summed E-state index contributed by atoms with van der Waals surface area (Å²) in [5.41, 5.74) is 1.12. The van der Waals surface area contributed by atoms with Crippen LogP contribution in [0.2, 0.25) is 0 Å². The molecule has 128 valence electrons. The topological polar surface area (TPSA) is 46.6 Å². The largest absolute Gasteiger partial charge is 0.497 e. The summed E-state index contributed by atoms with van der Waals surface area (Å²) >= 11 is 0. The van der Waals surface area contributed by atoms with E-state index in [1.165, 1.54) is 0 Å². The Kier molecular flexibility index (Phi) is 5.20. The zero-order chi connectivity index (χ0) is 16.9. The van der Waals surface area contributed by atoms with Crippen LogP contribution in [0.15, 0.2) is 42.6 Å². The lowest BCUT2D eigenvalue weighted by atomic mass is 10.1. The van der Waals surface area contributed by atoms with Gasteiger partial charge in [0, 0.05) is 36.9 Å². The molecule has 24 heavy (non-hydrogen) atoms. The number of ether oxygens (including phenoxy) is 2. The Labute approximate surface area is 143 Å². The number of pyridine rings is 1. The number of hydrogen-bond acceptors (Lipinski definition) is 5. The van der Waals surface area contributed by atoms with E-state index in [4.69, 9.17) is 9.47 Å². The van der Waals surface area contributed by atoms with Gasteiger partial charge in [-0.05, 0) is 43.7 Å². The van der Waals surface area contributed by atoms with Gasteiger partial charge < -0.3 is 19.7 Å². The van der Waals surface area contributed by atoms with E-state index in [0.29, 0.717) is 6.04 Å². The minimum absolute atomic E-state index is 0.184. The van der Waals surface area contributed by atoms with Crippen molar-refractivity contribution in [1.29, 1.82) is 0 Å². The zero-order valence-corrected chi connectivity index (χ0v) is 14.5. The first-order valence-electron chi connectivity index (χ1n) is 8.35. The molecule has 1 saturated heterocycles. The van der Waals surface area contributed by atoms with Gasteiger partial charge in [-0.3, -0.25) is 0 Å². The van der Waals surface area contributed by atoms with Crippen molar-refractivity contribution in [2.45, 2.75) is 25.4 Å². The molecule has 5 heteroatoms. The van der Waals surface area contributed by atoms with Crippen LogP contribution in [-0.2, 0) is 0 Å². The Morgan fingerprint density at radius 1 is 1.21 bits per heavy atom. The van der Waals surface area contributed by atoms with Gasteiger partial charge >= 0.3 is 0 Å². The third-order valence-corrected chi connectivity index (χ3v) is 4.55. The van der Waals surface area contributed by atoms with E-state index in [-0.39, 0.29) is 6.04 Å². The van der Waals surface area contributed by atoms with E-state index in [1.54, 1.807) is 14.2 Å². The molecule has 2 heterocycles. The van der Waals surface area contributed by atoms with Crippen LogP contribution in [0.5, 0.6) is 11.5 Å². The number of anilines is 1. The molecule has 2 atom stereocenters. The van der Waals surface area contributed by atoms with Crippen LogP contribution in [0, 0.1) is 0 Å². The molecule has 1 aromatic carbocycles. The van der Waals surface area contributed by atoms with Crippen LogP contribution in [-0.4, -0.2) is 38.3 Å². The summed E-state index contributed by atoms with van der Waals surface area (Å²) in [4.78, 5) is 6.77. The fourth-order valence-electron chi connectivity index (χ4n) is 3.27. The van der Waals surface area contributed by atoms with Crippen molar-refractivity contribution in [3.63, 3.8) is 0 Å². The van der Waals surface area contributed by atoms with Crippen LogP contribution in [0.3, 0.4) is 0 Å². The van der Waals surface area contributed by atoms with Gasteiger partial charge in [-0.1, -0.05) is 6.07 Å². The Bertz CT molecular complexity index is 663. The monoisotopic (exact) mass is 327 g/mol. The molecule has 0 saturated carbocycles. The number of nitrogens with zero attached hydrogens (tertiary/aromatic N) is 2. The summed E-state index contributed by atoms with van der Waals surface area (Å²) in [5.74, 6) is 2.78. The van der Waals surface area contributed by atoms with Crippen molar-refractivity contribution in [1.82, 2.24) is 10.3 Å².